The predicted octanol–water partition coefficient (Wildman–Crippen LogP) is 3.43. The summed E-state index contributed by atoms with van der Waals surface area (Å²) in [4.78, 5) is 17.3. The van der Waals surface area contributed by atoms with Crippen LogP contribution in [0.15, 0.2) is 24.3 Å². The Morgan fingerprint density at radius 3 is 2.95 bits per heavy atom. The summed E-state index contributed by atoms with van der Waals surface area (Å²) in [6.45, 7) is 6.23. The van der Waals surface area contributed by atoms with Crippen molar-refractivity contribution in [2.24, 2.45) is 11.3 Å². The molecule has 0 bridgehead atoms. The van der Waals surface area contributed by atoms with E-state index in [-0.39, 0.29) is 5.41 Å². The number of aromatic nitrogens is 1. The quantitative estimate of drug-likeness (QED) is 0.941. The molecule has 2 aromatic rings. The van der Waals surface area contributed by atoms with Crippen molar-refractivity contribution in [3.63, 3.8) is 0 Å². The molecule has 0 aliphatic carbocycles. The standard InChI is InChI=1S/C17H22N2OS/c1-17(2,12-6-5-9-18-11-12)15(20)10-16-19-13-7-3-4-8-14(13)21-16/h3-4,7-8,12,18H,5-6,9-11H2,1-2H3. The van der Waals surface area contributed by atoms with E-state index in [1.54, 1.807) is 11.3 Å². The summed E-state index contributed by atoms with van der Waals surface area (Å²) in [5.41, 5.74) is 0.730. The molecule has 1 atom stereocenters. The van der Waals surface area contributed by atoms with Crippen LogP contribution < -0.4 is 5.32 Å². The number of carbonyl (C=O) groups is 1. The van der Waals surface area contributed by atoms with E-state index in [4.69, 9.17) is 0 Å². The number of thiazole rings is 1. The highest BCUT2D eigenvalue weighted by atomic mass is 32.1. The number of fused-ring (bicyclic) bond motifs is 1. The Hall–Kier alpha value is -1.26. The van der Waals surface area contributed by atoms with Gasteiger partial charge in [-0.2, -0.15) is 0 Å². The largest absolute Gasteiger partial charge is 0.316 e. The van der Waals surface area contributed by atoms with Crippen LogP contribution >= 0.6 is 11.3 Å². The zero-order chi connectivity index (χ0) is 14.9. The summed E-state index contributed by atoms with van der Waals surface area (Å²) < 4.78 is 1.16. The van der Waals surface area contributed by atoms with Crippen molar-refractivity contribution in [1.82, 2.24) is 10.3 Å². The Morgan fingerprint density at radius 1 is 1.43 bits per heavy atom. The van der Waals surface area contributed by atoms with Crippen molar-refractivity contribution in [2.45, 2.75) is 33.1 Å². The number of hydrogen-bond donors (Lipinski definition) is 1. The van der Waals surface area contributed by atoms with Crippen LogP contribution in [0.4, 0.5) is 0 Å². The highest BCUT2D eigenvalue weighted by Gasteiger charge is 2.37. The lowest BCUT2D eigenvalue weighted by Crippen LogP contribution is -2.43. The molecule has 2 heterocycles. The van der Waals surface area contributed by atoms with E-state index in [1.165, 1.54) is 6.42 Å². The number of Topliss-reactive ketones (excluding diaryl/α,β-unsaturated/α-hetero) is 1. The third kappa shape index (κ3) is 3.01. The minimum Gasteiger partial charge on any atom is -0.316 e. The van der Waals surface area contributed by atoms with Gasteiger partial charge in [-0.3, -0.25) is 4.79 Å². The van der Waals surface area contributed by atoms with Gasteiger partial charge in [0.25, 0.3) is 0 Å². The van der Waals surface area contributed by atoms with E-state index < -0.39 is 0 Å². The van der Waals surface area contributed by atoms with Crippen LogP contribution in [0.5, 0.6) is 0 Å². The second kappa shape index (κ2) is 5.85. The molecule has 0 amide bonds. The molecule has 1 N–H and O–H groups in total. The molecule has 1 fully saturated rings. The molecule has 1 unspecified atom stereocenters. The number of hydrogen-bond acceptors (Lipinski definition) is 4. The minimum absolute atomic E-state index is 0.273. The molecule has 0 radical (unpaired) electrons. The fourth-order valence-corrected chi connectivity index (χ4v) is 4.02. The molecular formula is C17H22N2OS. The number of benzene rings is 1. The zero-order valence-corrected chi connectivity index (χ0v) is 13.5. The Kier molecular flexibility index (Phi) is 4.09. The van der Waals surface area contributed by atoms with Crippen LogP contribution in [0.25, 0.3) is 10.2 Å². The lowest BCUT2D eigenvalue weighted by molar-refractivity contribution is -0.129. The normalized spacial score (nSPS) is 19.8. The third-order valence-electron chi connectivity index (χ3n) is 4.69. The zero-order valence-electron chi connectivity index (χ0n) is 12.7. The highest BCUT2D eigenvalue weighted by Crippen LogP contribution is 2.34. The molecule has 0 spiro atoms. The summed E-state index contributed by atoms with van der Waals surface area (Å²) >= 11 is 1.64. The predicted molar refractivity (Wildman–Crippen MR) is 87.7 cm³/mol. The van der Waals surface area contributed by atoms with E-state index in [2.05, 4.69) is 30.2 Å². The number of ketones is 1. The Morgan fingerprint density at radius 2 is 2.24 bits per heavy atom. The van der Waals surface area contributed by atoms with Gasteiger partial charge in [-0.05, 0) is 44.0 Å². The Labute approximate surface area is 129 Å². The first-order chi connectivity index (χ1) is 10.1. The first-order valence-electron chi connectivity index (χ1n) is 7.66. The van der Waals surface area contributed by atoms with Gasteiger partial charge in [0.1, 0.15) is 10.8 Å². The monoisotopic (exact) mass is 302 g/mol. The van der Waals surface area contributed by atoms with Crippen molar-refractivity contribution in [3.05, 3.63) is 29.3 Å². The van der Waals surface area contributed by atoms with Crippen molar-refractivity contribution < 1.29 is 4.79 Å². The smallest absolute Gasteiger partial charge is 0.145 e. The summed E-state index contributed by atoms with van der Waals surface area (Å²) in [5.74, 6) is 0.753. The number of carbonyl (C=O) groups excluding carboxylic acids is 1. The number of piperidine rings is 1. The number of nitrogens with zero attached hydrogens (tertiary/aromatic N) is 1. The SMILES string of the molecule is CC(C)(C(=O)Cc1nc2ccccc2s1)C1CCCNC1. The van der Waals surface area contributed by atoms with Crippen molar-refractivity contribution in [1.29, 1.82) is 0 Å². The Balaban J connectivity index is 1.75. The second-order valence-corrected chi connectivity index (χ2v) is 7.56. The maximum absolute atomic E-state index is 12.7. The van der Waals surface area contributed by atoms with Crippen molar-refractivity contribution in [2.75, 3.05) is 13.1 Å². The number of nitrogens with one attached hydrogen (secondary N) is 1. The van der Waals surface area contributed by atoms with E-state index >= 15 is 0 Å². The third-order valence-corrected chi connectivity index (χ3v) is 5.72. The molecule has 1 saturated heterocycles. The molecule has 3 nitrogen and oxygen atoms in total. The second-order valence-electron chi connectivity index (χ2n) is 6.44. The van der Waals surface area contributed by atoms with Crippen molar-refractivity contribution >= 4 is 27.3 Å². The number of rotatable bonds is 4. The van der Waals surface area contributed by atoms with Gasteiger partial charge in [-0.25, -0.2) is 4.98 Å². The Bertz CT molecular complexity index is 608. The van der Waals surface area contributed by atoms with Crippen LogP contribution in [0, 0.1) is 11.3 Å². The van der Waals surface area contributed by atoms with E-state index in [0.717, 1.165) is 34.7 Å². The van der Waals surface area contributed by atoms with E-state index in [9.17, 15) is 4.79 Å². The fraction of sp³-hybridized carbons (Fsp3) is 0.529. The van der Waals surface area contributed by atoms with Gasteiger partial charge in [-0.1, -0.05) is 26.0 Å². The summed E-state index contributed by atoms with van der Waals surface area (Å²) in [5, 5.41) is 4.36. The average Bonchev–Trinajstić information content (AvgIpc) is 2.90. The maximum Gasteiger partial charge on any atom is 0.145 e. The molecule has 21 heavy (non-hydrogen) atoms. The van der Waals surface area contributed by atoms with Gasteiger partial charge in [0.2, 0.25) is 0 Å². The molecular weight excluding hydrogens is 280 g/mol. The molecule has 4 heteroatoms. The lowest BCUT2D eigenvalue weighted by Gasteiger charge is -2.36. The molecule has 1 aromatic carbocycles. The summed E-state index contributed by atoms with van der Waals surface area (Å²) in [6, 6.07) is 8.09. The van der Waals surface area contributed by atoms with Gasteiger partial charge in [0.15, 0.2) is 0 Å². The fourth-order valence-electron chi connectivity index (χ4n) is 3.06. The number of para-hydroxylation sites is 1. The van der Waals surface area contributed by atoms with Gasteiger partial charge >= 0.3 is 0 Å². The van der Waals surface area contributed by atoms with Crippen LogP contribution in [0.3, 0.4) is 0 Å². The van der Waals surface area contributed by atoms with Crippen molar-refractivity contribution in [3.8, 4) is 0 Å². The molecule has 0 saturated carbocycles. The molecule has 1 aliphatic heterocycles. The van der Waals surface area contributed by atoms with Gasteiger partial charge in [0.05, 0.1) is 16.6 Å². The first kappa shape index (κ1) is 14.7. The topological polar surface area (TPSA) is 42.0 Å². The maximum atomic E-state index is 12.7. The summed E-state index contributed by atoms with van der Waals surface area (Å²) in [7, 11) is 0. The molecule has 112 valence electrons. The first-order valence-corrected chi connectivity index (χ1v) is 8.47. The van der Waals surface area contributed by atoms with Gasteiger partial charge in [0, 0.05) is 5.41 Å². The van der Waals surface area contributed by atoms with Crippen LogP contribution in [0.1, 0.15) is 31.7 Å². The lowest BCUT2D eigenvalue weighted by atomic mass is 9.71. The molecule has 1 aliphatic rings. The molecule has 3 rings (SSSR count). The van der Waals surface area contributed by atoms with Crippen LogP contribution in [-0.4, -0.2) is 23.9 Å². The van der Waals surface area contributed by atoms with E-state index in [0.29, 0.717) is 18.1 Å². The highest BCUT2D eigenvalue weighted by molar-refractivity contribution is 7.18. The van der Waals surface area contributed by atoms with Crippen LogP contribution in [0.2, 0.25) is 0 Å². The van der Waals surface area contributed by atoms with E-state index in [1.807, 2.05) is 18.2 Å². The van der Waals surface area contributed by atoms with Crippen LogP contribution in [-0.2, 0) is 11.2 Å². The minimum atomic E-state index is -0.273. The van der Waals surface area contributed by atoms with Gasteiger partial charge < -0.3 is 5.32 Å². The summed E-state index contributed by atoms with van der Waals surface area (Å²) in [6.07, 6.45) is 2.77. The average molecular weight is 302 g/mol. The molecule has 1 aromatic heterocycles. The van der Waals surface area contributed by atoms with Gasteiger partial charge in [-0.15, -0.1) is 11.3 Å².